The third-order valence-electron chi connectivity index (χ3n) is 3.60. The van der Waals surface area contributed by atoms with Crippen molar-refractivity contribution >= 4 is 43.2 Å². The number of azo groups is 1. The molecule has 0 unspecified atom stereocenters. The number of anilines is 1. The van der Waals surface area contributed by atoms with Crippen molar-refractivity contribution in [3.8, 4) is 5.75 Å². The zero-order valence-electron chi connectivity index (χ0n) is 18.0. The predicted octanol–water partition coefficient (Wildman–Crippen LogP) is 2.06. The molecule has 0 spiro atoms. The predicted molar refractivity (Wildman–Crippen MR) is 111 cm³/mol. The van der Waals surface area contributed by atoms with Crippen molar-refractivity contribution in [1.82, 2.24) is 4.98 Å². The van der Waals surface area contributed by atoms with E-state index < -0.39 is 15.9 Å². The van der Waals surface area contributed by atoms with E-state index in [-0.39, 0.29) is 52.0 Å². The molecule has 12 nitrogen and oxygen atoms in total. The number of nitrogens with zero attached hydrogens (tertiary/aromatic N) is 4. The van der Waals surface area contributed by atoms with Gasteiger partial charge in [0, 0.05) is 35.2 Å². The second kappa shape index (κ2) is 18.0. The van der Waals surface area contributed by atoms with Gasteiger partial charge in [0.2, 0.25) is 0 Å². The molecule has 2 rings (SSSR count). The molecule has 3 N–H and O–H groups in total. The number of hydrogen-bond donors (Lipinski definition) is 1. The second-order valence-corrected chi connectivity index (χ2v) is 8.23. The summed E-state index contributed by atoms with van der Waals surface area (Å²) in [6.07, 6.45) is 2.60. The Hall–Kier alpha value is -1.49. The van der Waals surface area contributed by atoms with Gasteiger partial charge in [-0.15, -0.1) is 10.2 Å². The summed E-state index contributed by atoms with van der Waals surface area (Å²) in [5, 5.41) is 33.2. The van der Waals surface area contributed by atoms with Gasteiger partial charge in [0.05, 0.1) is 15.8 Å². The van der Waals surface area contributed by atoms with Crippen molar-refractivity contribution in [3.05, 3.63) is 41.0 Å². The SMILES string of the molecule is CCCN(CCCS(=O)(=O)[O-])c1ccc(N=Nc2ccc(Br)cn2)c([O-])c1.[H+].[O-]O.[OH-].[OH-].[Ti+4]. The molecule has 0 amide bonds. The molecule has 0 atom stereocenters. The van der Waals surface area contributed by atoms with Crippen molar-refractivity contribution in [1.29, 1.82) is 0 Å². The molecule has 0 bridgehead atoms. The van der Waals surface area contributed by atoms with Crippen molar-refractivity contribution in [2.75, 3.05) is 23.7 Å². The largest absolute Gasteiger partial charge is 4.00 e. The van der Waals surface area contributed by atoms with Crippen molar-refractivity contribution in [3.63, 3.8) is 0 Å². The molecule has 176 valence electrons. The molecule has 32 heavy (non-hydrogen) atoms. The zero-order valence-corrected chi connectivity index (χ0v) is 20.9. The summed E-state index contributed by atoms with van der Waals surface area (Å²) in [7, 11) is -4.24. The topological polar surface area (TPSA) is 224 Å². The number of aromatic nitrogens is 1. The van der Waals surface area contributed by atoms with Crippen LogP contribution in [0.1, 0.15) is 21.2 Å². The van der Waals surface area contributed by atoms with E-state index in [9.17, 15) is 18.1 Å². The van der Waals surface area contributed by atoms with E-state index in [0.29, 0.717) is 24.6 Å². The Kier molecular flexibility index (Phi) is 19.7. The fraction of sp³-hybridized carbons (Fsp3) is 0.353. The Morgan fingerprint density at radius 1 is 1.16 bits per heavy atom. The Labute approximate surface area is 210 Å². The Balaban J connectivity index is -0.000000681. The van der Waals surface area contributed by atoms with Crippen molar-refractivity contribution in [2.45, 2.75) is 19.8 Å². The third-order valence-corrected chi connectivity index (χ3v) is 4.85. The van der Waals surface area contributed by atoms with E-state index in [0.717, 1.165) is 10.9 Å². The normalized spacial score (nSPS) is 10.2. The van der Waals surface area contributed by atoms with Crippen LogP contribution in [-0.4, -0.2) is 53.0 Å². The van der Waals surface area contributed by atoms with Gasteiger partial charge < -0.3 is 36.0 Å². The summed E-state index contributed by atoms with van der Waals surface area (Å²) >= 11 is 3.28. The maximum atomic E-state index is 12.3. The minimum Gasteiger partial charge on any atom is -0.871 e. The van der Waals surface area contributed by atoms with Gasteiger partial charge in [-0.2, -0.15) is 0 Å². The van der Waals surface area contributed by atoms with Gasteiger partial charge in [-0.3, -0.25) is 0 Å². The van der Waals surface area contributed by atoms with Gasteiger partial charge in [0.1, 0.15) is 0 Å². The summed E-state index contributed by atoms with van der Waals surface area (Å²) in [5.74, 6) is -0.344. The summed E-state index contributed by atoms with van der Waals surface area (Å²) in [6.45, 7) is 2.99. The number of rotatable bonds is 9. The molecule has 1 aromatic heterocycles. The molecular formula is C17H23BrN4O8STi. The van der Waals surface area contributed by atoms with Crippen LogP contribution in [0.2, 0.25) is 0 Å². The van der Waals surface area contributed by atoms with Crippen molar-refractivity contribution < 1.29 is 62.7 Å². The molecular weight excluding hydrogens is 548 g/mol. The van der Waals surface area contributed by atoms with Crippen LogP contribution in [0, 0.1) is 0 Å². The summed E-state index contributed by atoms with van der Waals surface area (Å²) in [6, 6.07) is 8.16. The molecule has 0 saturated heterocycles. The fourth-order valence-electron chi connectivity index (χ4n) is 2.39. The average Bonchev–Trinajstić information content (AvgIpc) is 2.68. The molecule has 1 aromatic carbocycles. The Morgan fingerprint density at radius 3 is 2.31 bits per heavy atom. The summed E-state index contributed by atoms with van der Waals surface area (Å²) < 4.78 is 33.1. The van der Waals surface area contributed by atoms with E-state index >= 15 is 0 Å². The van der Waals surface area contributed by atoms with Gasteiger partial charge in [-0.05, 0) is 59.1 Å². The van der Waals surface area contributed by atoms with E-state index in [2.05, 4.69) is 31.1 Å². The first-order valence-corrected chi connectivity index (χ1v) is 10.9. The van der Waals surface area contributed by atoms with Crippen LogP contribution in [0.5, 0.6) is 5.75 Å². The first kappa shape index (κ1) is 35.1. The zero-order chi connectivity index (χ0) is 21.9. The van der Waals surface area contributed by atoms with E-state index in [1.54, 1.807) is 30.5 Å². The molecule has 0 radical (unpaired) electrons. The third kappa shape index (κ3) is 13.2. The molecule has 2 aromatic rings. The van der Waals surface area contributed by atoms with Crippen LogP contribution in [-0.2, 0) is 31.8 Å². The molecule has 0 aliphatic rings. The minimum absolute atomic E-state index is 0. The summed E-state index contributed by atoms with van der Waals surface area (Å²) in [5.41, 5.74) is 0.841. The average molecular weight is 571 g/mol. The van der Waals surface area contributed by atoms with E-state index in [4.69, 9.17) is 10.5 Å². The molecule has 0 fully saturated rings. The number of benzene rings is 1. The van der Waals surface area contributed by atoms with E-state index in [1.807, 2.05) is 11.8 Å². The molecule has 0 aliphatic heterocycles. The van der Waals surface area contributed by atoms with Crippen molar-refractivity contribution in [2.24, 2.45) is 10.2 Å². The Bertz CT molecular complexity index is 910. The molecule has 1 heterocycles. The molecule has 15 heteroatoms. The van der Waals surface area contributed by atoms with Gasteiger partial charge in [-0.1, -0.05) is 12.7 Å². The second-order valence-electron chi connectivity index (χ2n) is 5.79. The first-order valence-electron chi connectivity index (χ1n) is 8.49. The maximum absolute atomic E-state index is 12.3. The fourth-order valence-corrected chi connectivity index (χ4v) is 3.10. The smallest absolute Gasteiger partial charge is 0.871 e. The van der Waals surface area contributed by atoms with Crippen LogP contribution in [0.3, 0.4) is 0 Å². The molecule has 0 saturated carbocycles. The molecule has 0 aliphatic carbocycles. The number of hydrogen-bond acceptors (Lipinski definition) is 12. The first-order chi connectivity index (χ1) is 13.8. The van der Waals surface area contributed by atoms with Gasteiger partial charge in [0.25, 0.3) is 0 Å². The van der Waals surface area contributed by atoms with Gasteiger partial charge >= 0.3 is 23.1 Å². The Morgan fingerprint density at radius 2 is 1.81 bits per heavy atom. The van der Waals surface area contributed by atoms with Crippen LogP contribution in [0.25, 0.3) is 0 Å². The number of halogens is 1. The maximum Gasteiger partial charge on any atom is 4.00 e. The van der Waals surface area contributed by atoms with Gasteiger partial charge in [0.15, 0.2) is 5.82 Å². The van der Waals surface area contributed by atoms with Crippen LogP contribution in [0.15, 0.2) is 51.2 Å². The standard InChI is InChI=1S/C17H21BrN4O4S.H2O2.2H2O.Ti/c1-2-8-22(9-3-10-27(24,25)26)14-5-6-15(16(23)11-14)20-21-17-7-4-13(18)12-19-17;1-2;;;/h4-7,11-12,23H,2-3,8-10H2,1H3,(H,24,25,26);1-2H;2*1H2;/q;;;;+4/p-4. The van der Waals surface area contributed by atoms with Crippen LogP contribution >= 0.6 is 15.9 Å². The van der Waals surface area contributed by atoms with E-state index in [1.165, 1.54) is 6.07 Å². The summed E-state index contributed by atoms with van der Waals surface area (Å²) in [4.78, 5) is 5.93. The quantitative estimate of drug-likeness (QED) is 0.152. The van der Waals surface area contributed by atoms with Crippen LogP contribution < -0.4 is 15.3 Å². The van der Waals surface area contributed by atoms with Crippen LogP contribution in [0.4, 0.5) is 17.2 Å². The number of pyridine rings is 1. The minimum atomic E-state index is -4.24. The monoisotopic (exact) mass is 570 g/mol. The van der Waals surface area contributed by atoms with Gasteiger partial charge in [-0.25, -0.2) is 13.4 Å².